The summed E-state index contributed by atoms with van der Waals surface area (Å²) >= 11 is 0. The molecule has 0 aromatic heterocycles. The third-order valence-electron chi connectivity index (χ3n) is 3.41. The lowest BCUT2D eigenvalue weighted by Gasteiger charge is -2.16. The third-order valence-corrected chi connectivity index (χ3v) is 3.41. The molecule has 1 rings (SSSR count). The van der Waals surface area contributed by atoms with E-state index in [1.807, 2.05) is 6.92 Å². The Morgan fingerprint density at radius 1 is 1.11 bits per heavy atom. The summed E-state index contributed by atoms with van der Waals surface area (Å²) in [4.78, 5) is 11.0. The summed E-state index contributed by atoms with van der Waals surface area (Å²) in [5.74, 6) is 0.557. The topological polar surface area (TPSA) is 26.3 Å². The van der Waals surface area contributed by atoms with Gasteiger partial charge in [-0.25, -0.2) is 0 Å². The standard InChI is InChI=1S/C17H26O2/c1-3-10-15(16-11-6-5-7-12-16)13-8-9-14-19-17(18)4-2/h5-7,11-12,15H,3-4,8-10,13-14H2,1-2H3. The van der Waals surface area contributed by atoms with Crippen LogP contribution in [0.25, 0.3) is 0 Å². The molecule has 0 aliphatic rings. The number of ether oxygens (including phenoxy) is 1. The molecule has 1 aromatic rings. The molecule has 0 aliphatic carbocycles. The first-order chi connectivity index (χ1) is 9.27. The van der Waals surface area contributed by atoms with E-state index < -0.39 is 0 Å². The molecular weight excluding hydrogens is 236 g/mol. The van der Waals surface area contributed by atoms with E-state index in [9.17, 15) is 4.79 Å². The van der Waals surface area contributed by atoms with Gasteiger partial charge in [0.1, 0.15) is 0 Å². The molecule has 0 amide bonds. The van der Waals surface area contributed by atoms with Gasteiger partial charge in [-0.1, -0.05) is 50.6 Å². The summed E-state index contributed by atoms with van der Waals surface area (Å²) in [6.07, 6.45) is 6.20. The largest absolute Gasteiger partial charge is 0.466 e. The minimum atomic E-state index is -0.0897. The first kappa shape index (κ1) is 15.7. The molecule has 106 valence electrons. The average Bonchev–Trinajstić information content (AvgIpc) is 2.46. The summed E-state index contributed by atoms with van der Waals surface area (Å²) < 4.78 is 5.10. The molecule has 0 fully saturated rings. The van der Waals surface area contributed by atoms with Crippen LogP contribution >= 0.6 is 0 Å². The molecule has 2 nitrogen and oxygen atoms in total. The fourth-order valence-electron chi connectivity index (χ4n) is 2.33. The van der Waals surface area contributed by atoms with Crippen LogP contribution in [-0.2, 0) is 9.53 Å². The molecule has 1 unspecified atom stereocenters. The van der Waals surface area contributed by atoms with E-state index in [4.69, 9.17) is 4.74 Å². The second kappa shape index (κ2) is 9.60. The van der Waals surface area contributed by atoms with Crippen LogP contribution in [0.15, 0.2) is 30.3 Å². The Labute approximate surface area is 117 Å². The van der Waals surface area contributed by atoms with Gasteiger partial charge in [-0.2, -0.15) is 0 Å². The van der Waals surface area contributed by atoms with Crippen molar-refractivity contribution in [2.45, 2.75) is 58.3 Å². The molecule has 0 radical (unpaired) electrons. The molecule has 0 aliphatic heterocycles. The number of unbranched alkanes of at least 4 members (excludes halogenated alkanes) is 1. The molecule has 1 aromatic carbocycles. The highest BCUT2D eigenvalue weighted by Gasteiger charge is 2.09. The highest BCUT2D eigenvalue weighted by molar-refractivity contribution is 5.68. The van der Waals surface area contributed by atoms with Gasteiger partial charge in [0.05, 0.1) is 6.61 Å². The van der Waals surface area contributed by atoms with Crippen molar-refractivity contribution in [3.63, 3.8) is 0 Å². The summed E-state index contributed by atoms with van der Waals surface area (Å²) in [5.41, 5.74) is 1.44. The van der Waals surface area contributed by atoms with Crippen molar-refractivity contribution in [2.75, 3.05) is 6.61 Å². The molecule has 0 saturated carbocycles. The monoisotopic (exact) mass is 262 g/mol. The number of carbonyl (C=O) groups is 1. The molecule has 1 atom stereocenters. The van der Waals surface area contributed by atoms with Crippen LogP contribution in [-0.4, -0.2) is 12.6 Å². The molecular formula is C17H26O2. The van der Waals surface area contributed by atoms with Gasteiger partial charge in [0, 0.05) is 6.42 Å². The van der Waals surface area contributed by atoms with E-state index in [0.717, 1.165) is 12.8 Å². The van der Waals surface area contributed by atoms with E-state index in [1.54, 1.807) is 0 Å². The Morgan fingerprint density at radius 3 is 2.47 bits per heavy atom. The SMILES string of the molecule is CCCC(CCCCOC(=O)CC)c1ccccc1. The molecule has 0 spiro atoms. The summed E-state index contributed by atoms with van der Waals surface area (Å²) in [5, 5.41) is 0. The normalized spacial score (nSPS) is 12.1. The molecule has 2 heteroatoms. The van der Waals surface area contributed by atoms with E-state index >= 15 is 0 Å². The predicted octanol–water partition coefficient (Wildman–Crippen LogP) is 4.69. The second-order valence-corrected chi connectivity index (χ2v) is 4.97. The molecule has 0 N–H and O–H groups in total. The van der Waals surface area contributed by atoms with Crippen molar-refractivity contribution in [3.8, 4) is 0 Å². The Balaban J connectivity index is 2.29. The average molecular weight is 262 g/mol. The van der Waals surface area contributed by atoms with E-state index in [2.05, 4.69) is 37.3 Å². The van der Waals surface area contributed by atoms with Gasteiger partial charge < -0.3 is 4.74 Å². The van der Waals surface area contributed by atoms with Crippen molar-refractivity contribution < 1.29 is 9.53 Å². The molecule has 0 heterocycles. The van der Waals surface area contributed by atoms with Crippen LogP contribution in [0.2, 0.25) is 0 Å². The lowest BCUT2D eigenvalue weighted by Crippen LogP contribution is -2.05. The van der Waals surface area contributed by atoms with E-state index in [0.29, 0.717) is 18.9 Å². The fraction of sp³-hybridized carbons (Fsp3) is 0.588. The number of hydrogen-bond acceptors (Lipinski definition) is 2. The zero-order valence-corrected chi connectivity index (χ0v) is 12.2. The Hall–Kier alpha value is -1.31. The van der Waals surface area contributed by atoms with Gasteiger partial charge in [0.15, 0.2) is 0 Å². The van der Waals surface area contributed by atoms with Crippen LogP contribution < -0.4 is 0 Å². The fourth-order valence-corrected chi connectivity index (χ4v) is 2.33. The van der Waals surface area contributed by atoms with Crippen LogP contribution in [0, 0.1) is 0 Å². The highest BCUT2D eigenvalue weighted by Crippen LogP contribution is 2.26. The molecule has 0 bridgehead atoms. The summed E-state index contributed by atoms with van der Waals surface area (Å²) in [6.45, 7) is 4.63. The van der Waals surface area contributed by atoms with Crippen molar-refractivity contribution in [1.82, 2.24) is 0 Å². The first-order valence-electron chi connectivity index (χ1n) is 7.48. The maximum atomic E-state index is 11.0. The van der Waals surface area contributed by atoms with E-state index in [1.165, 1.54) is 24.8 Å². The third kappa shape index (κ3) is 6.42. The summed E-state index contributed by atoms with van der Waals surface area (Å²) in [6, 6.07) is 10.7. The lowest BCUT2D eigenvalue weighted by molar-refractivity contribution is -0.143. The maximum Gasteiger partial charge on any atom is 0.305 e. The van der Waals surface area contributed by atoms with Gasteiger partial charge >= 0.3 is 5.97 Å². The van der Waals surface area contributed by atoms with Gasteiger partial charge in [0.25, 0.3) is 0 Å². The van der Waals surface area contributed by atoms with Crippen molar-refractivity contribution in [3.05, 3.63) is 35.9 Å². The predicted molar refractivity (Wildman–Crippen MR) is 79.2 cm³/mol. The Morgan fingerprint density at radius 2 is 1.84 bits per heavy atom. The smallest absolute Gasteiger partial charge is 0.305 e. The Kier molecular flexibility index (Phi) is 7.95. The molecule has 0 saturated heterocycles. The minimum absolute atomic E-state index is 0.0897. The number of esters is 1. The van der Waals surface area contributed by atoms with Crippen molar-refractivity contribution >= 4 is 5.97 Å². The summed E-state index contributed by atoms with van der Waals surface area (Å²) in [7, 11) is 0. The number of rotatable bonds is 9. The van der Waals surface area contributed by atoms with Crippen LogP contribution in [0.1, 0.15) is 63.9 Å². The van der Waals surface area contributed by atoms with Gasteiger partial charge in [0.2, 0.25) is 0 Å². The van der Waals surface area contributed by atoms with Gasteiger partial charge in [-0.05, 0) is 37.2 Å². The highest BCUT2D eigenvalue weighted by atomic mass is 16.5. The lowest BCUT2D eigenvalue weighted by atomic mass is 9.90. The Bertz CT molecular complexity index is 346. The zero-order chi connectivity index (χ0) is 13.9. The quantitative estimate of drug-likeness (QED) is 0.476. The van der Waals surface area contributed by atoms with Crippen molar-refractivity contribution in [2.24, 2.45) is 0 Å². The van der Waals surface area contributed by atoms with Crippen LogP contribution in [0.4, 0.5) is 0 Å². The van der Waals surface area contributed by atoms with Crippen LogP contribution in [0.3, 0.4) is 0 Å². The number of benzene rings is 1. The number of hydrogen-bond donors (Lipinski definition) is 0. The van der Waals surface area contributed by atoms with E-state index in [-0.39, 0.29) is 5.97 Å². The van der Waals surface area contributed by atoms with Crippen molar-refractivity contribution in [1.29, 1.82) is 0 Å². The minimum Gasteiger partial charge on any atom is -0.466 e. The van der Waals surface area contributed by atoms with Crippen LogP contribution in [0.5, 0.6) is 0 Å². The zero-order valence-electron chi connectivity index (χ0n) is 12.2. The molecule has 19 heavy (non-hydrogen) atoms. The van der Waals surface area contributed by atoms with Gasteiger partial charge in [-0.3, -0.25) is 4.79 Å². The first-order valence-corrected chi connectivity index (χ1v) is 7.48. The maximum absolute atomic E-state index is 11.0. The van der Waals surface area contributed by atoms with Gasteiger partial charge in [-0.15, -0.1) is 0 Å². The second-order valence-electron chi connectivity index (χ2n) is 4.97. The number of carbonyl (C=O) groups excluding carboxylic acids is 1.